The lowest BCUT2D eigenvalue weighted by molar-refractivity contribution is -0.146. The van der Waals surface area contributed by atoms with Crippen LogP contribution in [-0.4, -0.2) is 36.2 Å². The van der Waals surface area contributed by atoms with E-state index in [1.807, 2.05) is 0 Å². The molecule has 0 atom stereocenters. The first-order valence-electron chi connectivity index (χ1n) is 3.64. The quantitative estimate of drug-likeness (QED) is 0.557. The fraction of sp³-hybridized carbons (Fsp3) is 0.714. The second-order valence-electron chi connectivity index (χ2n) is 2.54. The minimum absolute atomic E-state index is 0.0650. The van der Waals surface area contributed by atoms with E-state index < -0.39 is 11.9 Å². The van der Waals surface area contributed by atoms with E-state index in [1.54, 1.807) is 13.8 Å². The molecule has 70 valence electrons. The maximum atomic E-state index is 10.8. The van der Waals surface area contributed by atoms with E-state index in [2.05, 4.69) is 5.32 Å². The highest BCUT2D eigenvalue weighted by molar-refractivity contribution is 5.74. The number of esters is 1. The first-order valence-corrected chi connectivity index (χ1v) is 3.64. The van der Waals surface area contributed by atoms with E-state index in [9.17, 15) is 9.59 Å². The second kappa shape index (κ2) is 5.54. The summed E-state index contributed by atoms with van der Waals surface area (Å²) >= 11 is 0. The SMILES string of the molecule is CC(C)OC(=O)CNCC(=O)O. The molecule has 0 saturated heterocycles. The molecule has 0 rings (SSSR count). The lowest BCUT2D eigenvalue weighted by Gasteiger charge is -2.07. The van der Waals surface area contributed by atoms with Crippen molar-refractivity contribution in [3.63, 3.8) is 0 Å². The molecule has 0 amide bonds. The molecule has 12 heavy (non-hydrogen) atoms. The number of carboxylic acids is 1. The Morgan fingerprint density at radius 3 is 2.42 bits per heavy atom. The van der Waals surface area contributed by atoms with Gasteiger partial charge in [-0.1, -0.05) is 0 Å². The largest absolute Gasteiger partial charge is 0.480 e. The molecule has 0 spiro atoms. The Balaban J connectivity index is 3.38. The smallest absolute Gasteiger partial charge is 0.320 e. The van der Waals surface area contributed by atoms with Crippen LogP contribution in [0.4, 0.5) is 0 Å². The Bertz CT molecular complexity index is 167. The van der Waals surface area contributed by atoms with Gasteiger partial charge in [-0.3, -0.25) is 14.9 Å². The van der Waals surface area contributed by atoms with Crippen LogP contribution in [0.2, 0.25) is 0 Å². The van der Waals surface area contributed by atoms with Gasteiger partial charge >= 0.3 is 11.9 Å². The lowest BCUT2D eigenvalue weighted by atomic mass is 10.5. The summed E-state index contributed by atoms with van der Waals surface area (Å²) in [6.07, 6.45) is -0.163. The van der Waals surface area contributed by atoms with Crippen molar-refractivity contribution < 1.29 is 19.4 Å². The zero-order valence-electron chi connectivity index (χ0n) is 7.16. The number of hydrogen-bond donors (Lipinski definition) is 2. The maximum Gasteiger partial charge on any atom is 0.320 e. The van der Waals surface area contributed by atoms with Crippen molar-refractivity contribution in [1.29, 1.82) is 0 Å². The Labute approximate surface area is 70.7 Å². The average molecular weight is 175 g/mol. The third-order valence-electron chi connectivity index (χ3n) is 0.913. The third kappa shape index (κ3) is 7.01. The minimum Gasteiger partial charge on any atom is -0.480 e. The molecular weight excluding hydrogens is 162 g/mol. The van der Waals surface area contributed by atoms with Crippen LogP contribution in [-0.2, 0) is 14.3 Å². The highest BCUT2D eigenvalue weighted by atomic mass is 16.5. The molecule has 5 nitrogen and oxygen atoms in total. The highest BCUT2D eigenvalue weighted by Gasteiger charge is 2.05. The van der Waals surface area contributed by atoms with Crippen LogP contribution in [0.3, 0.4) is 0 Å². The summed E-state index contributed by atoms with van der Waals surface area (Å²) in [4.78, 5) is 20.7. The van der Waals surface area contributed by atoms with Crippen LogP contribution in [0.25, 0.3) is 0 Å². The van der Waals surface area contributed by atoms with Crippen LogP contribution in [0.5, 0.6) is 0 Å². The molecule has 0 aromatic carbocycles. The summed E-state index contributed by atoms with van der Waals surface area (Å²) in [6, 6.07) is 0. The maximum absolute atomic E-state index is 10.8. The van der Waals surface area contributed by atoms with Gasteiger partial charge in [0.2, 0.25) is 0 Å². The molecule has 0 aliphatic rings. The van der Waals surface area contributed by atoms with Gasteiger partial charge in [0.1, 0.15) is 0 Å². The molecule has 0 aromatic heterocycles. The Morgan fingerprint density at radius 2 is 2.00 bits per heavy atom. The van der Waals surface area contributed by atoms with Crippen molar-refractivity contribution >= 4 is 11.9 Å². The van der Waals surface area contributed by atoms with E-state index in [-0.39, 0.29) is 19.2 Å². The van der Waals surface area contributed by atoms with Crippen molar-refractivity contribution in [2.24, 2.45) is 0 Å². The number of carbonyl (C=O) groups is 2. The summed E-state index contributed by atoms with van der Waals surface area (Å²) < 4.78 is 4.74. The number of carboxylic acid groups (broad SMARTS) is 1. The van der Waals surface area contributed by atoms with E-state index in [0.717, 1.165) is 0 Å². The molecular formula is C7H13NO4. The first-order chi connectivity index (χ1) is 5.52. The van der Waals surface area contributed by atoms with Crippen molar-refractivity contribution in [2.75, 3.05) is 13.1 Å². The molecule has 0 bridgehead atoms. The normalized spacial score (nSPS) is 9.92. The van der Waals surface area contributed by atoms with Crippen molar-refractivity contribution in [3.05, 3.63) is 0 Å². The standard InChI is InChI=1S/C7H13NO4/c1-5(2)12-7(11)4-8-3-6(9)10/h5,8H,3-4H2,1-2H3,(H,9,10). The van der Waals surface area contributed by atoms with Crippen LogP contribution in [0.15, 0.2) is 0 Å². The Hall–Kier alpha value is -1.10. The van der Waals surface area contributed by atoms with Gasteiger partial charge in [0.25, 0.3) is 0 Å². The Kier molecular flexibility index (Phi) is 5.03. The summed E-state index contributed by atoms with van der Waals surface area (Å²) in [5.41, 5.74) is 0. The lowest BCUT2D eigenvalue weighted by Crippen LogP contribution is -2.30. The van der Waals surface area contributed by atoms with Crippen molar-refractivity contribution in [1.82, 2.24) is 5.32 Å². The van der Waals surface area contributed by atoms with Gasteiger partial charge in [-0.05, 0) is 13.8 Å². The van der Waals surface area contributed by atoms with Gasteiger partial charge in [-0.25, -0.2) is 0 Å². The molecule has 0 aliphatic heterocycles. The van der Waals surface area contributed by atoms with Gasteiger partial charge < -0.3 is 9.84 Å². The molecule has 2 N–H and O–H groups in total. The zero-order chi connectivity index (χ0) is 9.56. The van der Waals surface area contributed by atoms with Gasteiger partial charge in [0, 0.05) is 0 Å². The van der Waals surface area contributed by atoms with Crippen LogP contribution in [0, 0.1) is 0 Å². The average Bonchev–Trinajstić information content (AvgIpc) is 1.84. The van der Waals surface area contributed by atoms with E-state index in [4.69, 9.17) is 9.84 Å². The number of hydrogen-bond acceptors (Lipinski definition) is 4. The fourth-order valence-corrected chi connectivity index (χ4v) is 0.576. The van der Waals surface area contributed by atoms with Gasteiger partial charge in [-0.2, -0.15) is 0 Å². The Morgan fingerprint density at radius 1 is 1.42 bits per heavy atom. The molecule has 0 heterocycles. The molecule has 0 aliphatic carbocycles. The van der Waals surface area contributed by atoms with Crippen molar-refractivity contribution in [2.45, 2.75) is 20.0 Å². The number of aliphatic carboxylic acids is 1. The summed E-state index contributed by atoms with van der Waals surface area (Å²) in [7, 11) is 0. The molecule has 0 saturated carbocycles. The second-order valence-corrected chi connectivity index (χ2v) is 2.54. The number of carbonyl (C=O) groups excluding carboxylic acids is 1. The van der Waals surface area contributed by atoms with Gasteiger partial charge in [0.05, 0.1) is 19.2 Å². The zero-order valence-corrected chi connectivity index (χ0v) is 7.16. The van der Waals surface area contributed by atoms with Crippen LogP contribution in [0.1, 0.15) is 13.8 Å². The van der Waals surface area contributed by atoms with Gasteiger partial charge in [-0.15, -0.1) is 0 Å². The third-order valence-corrected chi connectivity index (χ3v) is 0.913. The summed E-state index contributed by atoms with van der Waals surface area (Å²) in [5, 5.41) is 10.6. The number of nitrogens with one attached hydrogen (secondary N) is 1. The van der Waals surface area contributed by atoms with Crippen LogP contribution < -0.4 is 5.32 Å². The van der Waals surface area contributed by atoms with Crippen LogP contribution >= 0.6 is 0 Å². The fourth-order valence-electron chi connectivity index (χ4n) is 0.576. The molecule has 0 radical (unpaired) electrons. The monoisotopic (exact) mass is 175 g/mol. The van der Waals surface area contributed by atoms with E-state index in [1.165, 1.54) is 0 Å². The first kappa shape index (κ1) is 10.9. The number of rotatable bonds is 5. The molecule has 0 unspecified atom stereocenters. The summed E-state index contributed by atoms with van der Waals surface area (Å²) in [5.74, 6) is -1.43. The minimum atomic E-state index is -0.993. The van der Waals surface area contributed by atoms with E-state index in [0.29, 0.717) is 0 Å². The molecule has 0 fully saturated rings. The predicted molar refractivity (Wildman–Crippen MR) is 41.7 cm³/mol. The van der Waals surface area contributed by atoms with Crippen molar-refractivity contribution in [3.8, 4) is 0 Å². The molecule has 5 heteroatoms. The predicted octanol–water partition coefficient (Wildman–Crippen LogP) is -0.388. The molecule has 0 aromatic rings. The van der Waals surface area contributed by atoms with E-state index >= 15 is 0 Å². The highest BCUT2D eigenvalue weighted by Crippen LogP contribution is 1.86. The topological polar surface area (TPSA) is 75.6 Å². The summed E-state index contributed by atoms with van der Waals surface area (Å²) in [6.45, 7) is 3.17. The van der Waals surface area contributed by atoms with Gasteiger partial charge in [0.15, 0.2) is 0 Å². The number of ether oxygens (including phenoxy) is 1.